The monoisotopic (exact) mass is 504 g/mol. The van der Waals surface area contributed by atoms with Crippen LogP contribution in [-0.4, -0.2) is 66.2 Å². The Kier molecular flexibility index (Phi) is 10.2. The minimum Gasteiger partial charge on any atom is -0.375 e. The fourth-order valence-electron chi connectivity index (χ4n) is 5.15. The van der Waals surface area contributed by atoms with Crippen LogP contribution in [0, 0.1) is 5.92 Å². The average molecular weight is 505 g/mol. The summed E-state index contributed by atoms with van der Waals surface area (Å²) in [6, 6.07) is 1.20. The van der Waals surface area contributed by atoms with E-state index in [2.05, 4.69) is 59.7 Å². The first kappa shape index (κ1) is 28.1. The third kappa shape index (κ3) is 8.27. The van der Waals surface area contributed by atoms with E-state index in [-0.39, 0.29) is 17.9 Å². The number of imidazole rings is 1. The number of carbonyl (C=O) groups is 1. The number of carbonyl (C=O) groups excluding carboxylic acids is 1. The minimum absolute atomic E-state index is 0.0921. The van der Waals surface area contributed by atoms with Crippen molar-refractivity contribution < 1.29 is 14.6 Å². The summed E-state index contributed by atoms with van der Waals surface area (Å²) in [6.45, 7) is 15.4. The molecule has 0 spiro atoms. The first-order valence-corrected chi connectivity index (χ1v) is 17.3. The number of allylic oxidation sites excluding steroid dienone is 1. The van der Waals surface area contributed by atoms with Crippen molar-refractivity contribution in [2.75, 3.05) is 26.2 Å². The molecule has 2 fully saturated rings. The molecule has 1 unspecified atom stereocenters. The van der Waals surface area contributed by atoms with Crippen molar-refractivity contribution in [2.24, 2.45) is 5.92 Å². The number of hydrogen-bond acceptors (Lipinski definition) is 5. The molecule has 2 aliphatic rings. The Morgan fingerprint density at radius 1 is 1.26 bits per heavy atom. The summed E-state index contributed by atoms with van der Waals surface area (Å²) in [7, 11) is -1.14. The molecule has 2 heterocycles. The fourth-order valence-corrected chi connectivity index (χ4v) is 5.90. The molecular formula is C27H48N4O3Si. The molecule has 0 bridgehead atoms. The summed E-state index contributed by atoms with van der Waals surface area (Å²) in [5, 5.41) is 15.0. The van der Waals surface area contributed by atoms with Crippen molar-refractivity contribution in [2.45, 2.75) is 103 Å². The van der Waals surface area contributed by atoms with Crippen LogP contribution in [0.2, 0.25) is 25.7 Å². The Morgan fingerprint density at radius 3 is 2.57 bits per heavy atom. The molecule has 1 aliphatic carbocycles. The Balaban J connectivity index is 1.59. The predicted molar refractivity (Wildman–Crippen MR) is 144 cm³/mol. The van der Waals surface area contributed by atoms with Gasteiger partial charge in [-0.05, 0) is 52.0 Å². The maximum absolute atomic E-state index is 13.6. The van der Waals surface area contributed by atoms with E-state index < -0.39 is 13.7 Å². The summed E-state index contributed by atoms with van der Waals surface area (Å²) in [5.41, 5.74) is 0.482. The Labute approximate surface area is 213 Å². The SMILES string of the molecule is CC(C)=CCCN1CCC(NC(=O)C(O)(c2nc(COCC[Si](C)(C)C)c[nH]2)C2CCCC2)CC1. The van der Waals surface area contributed by atoms with Gasteiger partial charge in [0.25, 0.3) is 5.91 Å². The van der Waals surface area contributed by atoms with E-state index >= 15 is 0 Å². The van der Waals surface area contributed by atoms with Gasteiger partial charge in [0, 0.05) is 52.5 Å². The van der Waals surface area contributed by atoms with Gasteiger partial charge in [-0.3, -0.25) is 4.79 Å². The van der Waals surface area contributed by atoms with Gasteiger partial charge < -0.3 is 25.0 Å². The number of nitrogens with zero attached hydrogens (tertiary/aromatic N) is 2. The van der Waals surface area contributed by atoms with Gasteiger partial charge in [0.05, 0.1) is 12.3 Å². The predicted octanol–water partition coefficient (Wildman–Crippen LogP) is 4.58. The van der Waals surface area contributed by atoms with Crippen molar-refractivity contribution in [3.8, 4) is 0 Å². The molecule has 35 heavy (non-hydrogen) atoms. The molecule has 7 nitrogen and oxygen atoms in total. The van der Waals surface area contributed by atoms with Gasteiger partial charge in [-0.2, -0.15) is 0 Å². The topological polar surface area (TPSA) is 90.5 Å². The second-order valence-corrected chi connectivity index (χ2v) is 17.6. The molecule has 8 heteroatoms. The molecule has 0 aromatic carbocycles. The number of ether oxygens (including phenoxy) is 1. The third-order valence-corrected chi connectivity index (χ3v) is 9.16. The zero-order chi connectivity index (χ0) is 25.5. The molecule has 1 aromatic rings. The first-order chi connectivity index (χ1) is 16.6. The van der Waals surface area contributed by atoms with E-state index in [4.69, 9.17) is 4.74 Å². The highest BCUT2D eigenvalue weighted by molar-refractivity contribution is 6.76. The van der Waals surface area contributed by atoms with Crippen LogP contribution < -0.4 is 5.32 Å². The van der Waals surface area contributed by atoms with Gasteiger partial charge in [0.2, 0.25) is 5.60 Å². The van der Waals surface area contributed by atoms with E-state index in [1.807, 2.05) is 0 Å². The Morgan fingerprint density at radius 2 is 1.94 bits per heavy atom. The number of amides is 1. The fraction of sp³-hybridized carbons (Fsp3) is 0.778. The largest absolute Gasteiger partial charge is 0.375 e. The van der Waals surface area contributed by atoms with E-state index in [1.54, 1.807) is 6.20 Å². The number of rotatable bonds is 12. The molecule has 1 atom stereocenters. The minimum atomic E-state index is -1.62. The van der Waals surface area contributed by atoms with Crippen LogP contribution in [0.4, 0.5) is 0 Å². The summed E-state index contributed by atoms with van der Waals surface area (Å²) >= 11 is 0. The van der Waals surface area contributed by atoms with Crippen molar-refractivity contribution in [3.63, 3.8) is 0 Å². The molecule has 1 aromatic heterocycles. The first-order valence-electron chi connectivity index (χ1n) is 13.6. The second-order valence-electron chi connectivity index (χ2n) is 12.0. The zero-order valence-corrected chi connectivity index (χ0v) is 23.7. The van der Waals surface area contributed by atoms with Gasteiger partial charge in [-0.25, -0.2) is 4.98 Å². The van der Waals surface area contributed by atoms with Gasteiger partial charge in [-0.1, -0.05) is 44.1 Å². The summed E-state index contributed by atoms with van der Waals surface area (Å²) in [5.74, 6) is -0.0451. The van der Waals surface area contributed by atoms with Gasteiger partial charge >= 0.3 is 0 Å². The number of aromatic amines is 1. The smallest absolute Gasteiger partial charge is 0.260 e. The van der Waals surface area contributed by atoms with Crippen LogP contribution in [0.5, 0.6) is 0 Å². The molecule has 1 aliphatic heterocycles. The highest BCUT2D eigenvalue weighted by Crippen LogP contribution is 2.40. The van der Waals surface area contributed by atoms with Crippen molar-refractivity contribution in [3.05, 3.63) is 29.4 Å². The zero-order valence-electron chi connectivity index (χ0n) is 22.7. The molecule has 3 rings (SSSR count). The molecule has 1 saturated carbocycles. The standard InChI is InChI=1S/C27H48N4O3Si/c1-21(2)9-8-14-31-15-12-23(13-16-31)30-26(32)27(33,22-10-6-7-11-22)25-28-19-24(29-25)20-34-17-18-35(3,4)5/h9,19,22-23,33H,6-8,10-18,20H2,1-5H3,(H,28,29)(H,30,32). The number of H-pyrrole nitrogens is 1. The second kappa shape index (κ2) is 12.7. The highest BCUT2D eigenvalue weighted by atomic mass is 28.3. The number of piperidine rings is 1. The van der Waals surface area contributed by atoms with Crippen LogP contribution in [-0.2, 0) is 21.7 Å². The summed E-state index contributed by atoms with van der Waals surface area (Å²) in [6.07, 6.45) is 10.7. The maximum Gasteiger partial charge on any atom is 0.260 e. The lowest BCUT2D eigenvalue weighted by atomic mass is 9.83. The quantitative estimate of drug-likeness (QED) is 0.220. The lowest BCUT2D eigenvalue weighted by Crippen LogP contribution is -2.54. The number of likely N-dealkylation sites (tertiary alicyclic amines) is 1. The Hall–Kier alpha value is -1.48. The van der Waals surface area contributed by atoms with Crippen molar-refractivity contribution >= 4 is 14.0 Å². The maximum atomic E-state index is 13.6. The van der Waals surface area contributed by atoms with Crippen LogP contribution in [0.3, 0.4) is 0 Å². The van der Waals surface area contributed by atoms with Gasteiger partial charge in [-0.15, -0.1) is 0 Å². The molecule has 198 valence electrons. The van der Waals surface area contributed by atoms with E-state index in [0.29, 0.717) is 12.4 Å². The third-order valence-electron chi connectivity index (χ3n) is 7.45. The van der Waals surface area contributed by atoms with Gasteiger partial charge in [0.1, 0.15) is 5.82 Å². The number of aliphatic hydroxyl groups is 1. The molecule has 3 N–H and O–H groups in total. The van der Waals surface area contributed by atoms with Crippen molar-refractivity contribution in [1.29, 1.82) is 0 Å². The number of hydrogen-bond donors (Lipinski definition) is 3. The molecule has 1 saturated heterocycles. The summed E-state index contributed by atoms with van der Waals surface area (Å²) in [4.78, 5) is 23.8. The Bertz CT molecular complexity index is 832. The molecule has 1 amide bonds. The van der Waals surface area contributed by atoms with Crippen LogP contribution in [0.1, 0.15) is 70.3 Å². The highest BCUT2D eigenvalue weighted by Gasteiger charge is 2.49. The van der Waals surface area contributed by atoms with Crippen LogP contribution in [0.25, 0.3) is 0 Å². The number of aromatic nitrogens is 2. The van der Waals surface area contributed by atoms with Crippen LogP contribution in [0.15, 0.2) is 17.8 Å². The van der Waals surface area contributed by atoms with Crippen LogP contribution >= 0.6 is 0 Å². The average Bonchev–Trinajstić information content (AvgIpc) is 3.49. The molecular weight excluding hydrogens is 456 g/mol. The normalized spacial score (nSPS) is 20.1. The van der Waals surface area contributed by atoms with Crippen molar-refractivity contribution in [1.82, 2.24) is 20.2 Å². The molecule has 0 radical (unpaired) electrons. The summed E-state index contributed by atoms with van der Waals surface area (Å²) < 4.78 is 5.84. The lowest BCUT2D eigenvalue weighted by molar-refractivity contribution is -0.149. The van der Waals surface area contributed by atoms with E-state index in [0.717, 1.165) is 82.9 Å². The number of nitrogens with one attached hydrogen (secondary N) is 2. The van der Waals surface area contributed by atoms with E-state index in [1.165, 1.54) is 5.57 Å². The van der Waals surface area contributed by atoms with Gasteiger partial charge in [0.15, 0.2) is 0 Å². The lowest BCUT2D eigenvalue weighted by Gasteiger charge is -2.36. The van der Waals surface area contributed by atoms with E-state index in [9.17, 15) is 9.90 Å².